The minimum atomic E-state index is -0.769. The number of hydrogen-bond acceptors (Lipinski definition) is 6. The molecule has 0 saturated carbocycles. The third-order valence-electron chi connectivity index (χ3n) is 14.8. The van der Waals surface area contributed by atoms with Gasteiger partial charge in [-0.25, -0.2) is 0 Å². The van der Waals surface area contributed by atoms with Crippen molar-refractivity contribution < 1.29 is 28.6 Å². The summed E-state index contributed by atoms with van der Waals surface area (Å²) >= 11 is 0. The molecule has 1 unspecified atom stereocenters. The molecule has 1 atom stereocenters. The van der Waals surface area contributed by atoms with Crippen LogP contribution < -0.4 is 0 Å². The predicted molar refractivity (Wildman–Crippen MR) is 325 cm³/mol. The zero-order chi connectivity index (χ0) is 54.3. The molecule has 75 heavy (non-hydrogen) atoms. The lowest BCUT2D eigenvalue weighted by atomic mass is 10.0. The molecule has 438 valence electrons. The monoisotopic (exact) mass is 1050 g/mol. The van der Waals surface area contributed by atoms with Gasteiger partial charge in [0.1, 0.15) is 13.2 Å². The Kier molecular flexibility index (Phi) is 61.7. The molecule has 0 radical (unpaired) electrons. The highest BCUT2D eigenvalue weighted by Gasteiger charge is 2.19. The van der Waals surface area contributed by atoms with Crippen LogP contribution in [0.15, 0.2) is 48.6 Å². The number of carbonyl (C=O) groups is 3. The summed E-state index contributed by atoms with van der Waals surface area (Å²) in [6, 6.07) is 0. The van der Waals surface area contributed by atoms with E-state index in [0.29, 0.717) is 19.3 Å². The van der Waals surface area contributed by atoms with Crippen molar-refractivity contribution in [2.24, 2.45) is 0 Å². The van der Waals surface area contributed by atoms with Gasteiger partial charge in [-0.05, 0) is 57.8 Å². The lowest BCUT2D eigenvalue weighted by Crippen LogP contribution is -2.30. The Morgan fingerprint density at radius 3 is 0.813 bits per heavy atom. The summed E-state index contributed by atoms with van der Waals surface area (Å²) in [5.74, 6) is -0.842. The normalized spacial score (nSPS) is 12.3. The van der Waals surface area contributed by atoms with E-state index < -0.39 is 6.10 Å². The van der Waals surface area contributed by atoms with Crippen LogP contribution >= 0.6 is 0 Å². The fourth-order valence-corrected chi connectivity index (χ4v) is 9.91. The van der Waals surface area contributed by atoms with Crippen LogP contribution in [0.25, 0.3) is 0 Å². The van der Waals surface area contributed by atoms with Gasteiger partial charge in [-0.15, -0.1) is 0 Å². The van der Waals surface area contributed by atoms with Gasteiger partial charge in [0.15, 0.2) is 6.10 Å². The highest BCUT2D eigenvalue weighted by atomic mass is 16.6. The lowest BCUT2D eigenvalue weighted by molar-refractivity contribution is -0.167. The molecular weight excluding hydrogens is 925 g/mol. The number of unbranched alkanes of at least 4 members (excludes halogenated alkanes) is 42. The smallest absolute Gasteiger partial charge is 0.306 e. The molecule has 0 rings (SSSR count). The van der Waals surface area contributed by atoms with Crippen molar-refractivity contribution in [3.63, 3.8) is 0 Å². The molecule has 0 saturated heterocycles. The SMILES string of the molecule is CC/C=C\C/C=C\C/C=C\C/C=C\CCCCCCCCCCCCCCCCC(=O)OCC(COC(=O)CCCCCCCCCCCCCC)OC(=O)CCCCCCCCCCCCCCCCCCCC. The second-order valence-electron chi connectivity index (χ2n) is 22.4. The zero-order valence-corrected chi connectivity index (χ0v) is 50.3. The van der Waals surface area contributed by atoms with Crippen molar-refractivity contribution in [3.8, 4) is 0 Å². The standard InChI is InChI=1S/C69H126O6/c1-4-7-10-13-16-19-22-25-27-29-31-32-33-34-35-36-37-38-39-41-42-44-47-50-53-56-59-62-68(71)74-65-66(64-73-67(70)61-58-55-52-49-46-24-21-18-15-12-9-6-3)75-69(72)63-60-57-54-51-48-45-43-40-30-28-26-23-20-17-14-11-8-5-2/h7,10,16,19,25,27,31-32,66H,4-6,8-9,11-15,17-18,20-24,26,28-30,33-65H2,1-3H3/b10-7-,19-16-,27-25-,32-31-. The summed E-state index contributed by atoms with van der Waals surface area (Å²) in [5, 5.41) is 0. The first-order valence-electron chi connectivity index (χ1n) is 33.1. The summed E-state index contributed by atoms with van der Waals surface area (Å²) < 4.78 is 17.0. The highest BCUT2D eigenvalue weighted by Crippen LogP contribution is 2.18. The van der Waals surface area contributed by atoms with Crippen molar-refractivity contribution in [1.29, 1.82) is 0 Å². The average Bonchev–Trinajstić information content (AvgIpc) is 3.41. The van der Waals surface area contributed by atoms with Gasteiger partial charge >= 0.3 is 17.9 Å². The number of rotatable bonds is 61. The van der Waals surface area contributed by atoms with E-state index in [-0.39, 0.29) is 31.1 Å². The topological polar surface area (TPSA) is 78.9 Å². The molecular formula is C69H126O6. The van der Waals surface area contributed by atoms with Gasteiger partial charge in [0.25, 0.3) is 0 Å². The van der Waals surface area contributed by atoms with Crippen LogP contribution in [0.3, 0.4) is 0 Å². The Labute approximate surface area is 467 Å². The maximum Gasteiger partial charge on any atom is 0.306 e. The first-order chi connectivity index (χ1) is 37.0. The van der Waals surface area contributed by atoms with E-state index in [9.17, 15) is 14.4 Å². The maximum atomic E-state index is 12.9. The zero-order valence-electron chi connectivity index (χ0n) is 50.3. The molecule has 0 spiro atoms. The van der Waals surface area contributed by atoms with Crippen molar-refractivity contribution in [2.45, 2.75) is 361 Å². The van der Waals surface area contributed by atoms with Crippen molar-refractivity contribution in [3.05, 3.63) is 48.6 Å². The summed E-state index contributed by atoms with van der Waals surface area (Å²) in [4.78, 5) is 38.3. The number of allylic oxidation sites excluding steroid dienone is 8. The van der Waals surface area contributed by atoms with Crippen LogP contribution in [0.2, 0.25) is 0 Å². The maximum absolute atomic E-state index is 12.9. The second-order valence-corrected chi connectivity index (χ2v) is 22.4. The molecule has 0 N–H and O–H groups in total. The molecule has 0 aromatic rings. The average molecular weight is 1050 g/mol. The first-order valence-corrected chi connectivity index (χ1v) is 33.1. The molecule has 0 aromatic heterocycles. The van der Waals surface area contributed by atoms with Crippen LogP contribution in [0.1, 0.15) is 355 Å². The summed E-state index contributed by atoms with van der Waals surface area (Å²) in [5.41, 5.74) is 0. The van der Waals surface area contributed by atoms with E-state index in [1.165, 1.54) is 231 Å². The van der Waals surface area contributed by atoms with Crippen LogP contribution in [0.5, 0.6) is 0 Å². The Morgan fingerprint density at radius 2 is 0.520 bits per heavy atom. The Morgan fingerprint density at radius 1 is 0.280 bits per heavy atom. The second kappa shape index (κ2) is 63.9. The molecule has 0 aliphatic rings. The van der Waals surface area contributed by atoms with Gasteiger partial charge in [-0.2, -0.15) is 0 Å². The molecule has 0 amide bonds. The van der Waals surface area contributed by atoms with E-state index in [0.717, 1.165) is 83.5 Å². The lowest BCUT2D eigenvalue weighted by Gasteiger charge is -2.18. The molecule has 0 bridgehead atoms. The molecule has 0 aliphatic heterocycles. The van der Waals surface area contributed by atoms with Crippen molar-refractivity contribution in [2.75, 3.05) is 13.2 Å². The van der Waals surface area contributed by atoms with Gasteiger partial charge in [0.2, 0.25) is 0 Å². The van der Waals surface area contributed by atoms with Crippen molar-refractivity contribution >= 4 is 17.9 Å². The molecule has 0 aliphatic carbocycles. The predicted octanol–water partition coefficient (Wildman–Crippen LogP) is 22.6. The van der Waals surface area contributed by atoms with Gasteiger partial charge in [-0.1, -0.05) is 326 Å². The Bertz CT molecular complexity index is 1300. The molecule has 0 aromatic carbocycles. The first kappa shape index (κ1) is 72.4. The number of ether oxygens (including phenoxy) is 3. The fourth-order valence-electron chi connectivity index (χ4n) is 9.91. The molecule has 0 fully saturated rings. The minimum Gasteiger partial charge on any atom is -0.462 e. The van der Waals surface area contributed by atoms with E-state index in [1.807, 2.05) is 0 Å². The molecule has 6 nitrogen and oxygen atoms in total. The van der Waals surface area contributed by atoms with Gasteiger partial charge < -0.3 is 14.2 Å². The molecule has 0 heterocycles. The summed E-state index contributed by atoms with van der Waals surface area (Å²) in [7, 11) is 0. The highest BCUT2D eigenvalue weighted by molar-refractivity contribution is 5.71. The number of carbonyl (C=O) groups excluding carboxylic acids is 3. The minimum absolute atomic E-state index is 0.0665. The van der Waals surface area contributed by atoms with Crippen LogP contribution in [0, 0.1) is 0 Å². The van der Waals surface area contributed by atoms with E-state index in [1.54, 1.807) is 0 Å². The quantitative estimate of drug-likeness (QED) is 0.0261. The van der Waals surface area contributed by atoms with E-state index in [2.05, 4.69) is 69.4 Å². The van der Waals surface area contributed by atoms with Crippen LogP contribution in [-0.2, 0) is 28.6 Å². The van der Waals surface area contributed by atoms with E-state index in [4.69, 9.17) is 14.2 Å². The summed E-state index contributed by atoms with van der Waals surface area (Å²) in [6.45, 7) is 6.59. The van der Waals surface area contributed by atoms with Crippen LogP contribution in [-0.4, -0.2) is 37.2 Å². The molecule has 6 heteroatoms. The third kappa shape index (κ3) is 62.1. The van der Waals surface area contributed by atoms with Gasteiger partial charge in [-0.3, -0.25) is 14.4 Å². The van der Waals surface area contributed by atoms with Crippen LogP contribution in [0.4, 0.5) is 0 Å². The Balaban J connectivity index is 4.20. The van der Waals surface area contributed by atoms with Gasteiger partial charge in [0.05, 0.1) is 0 Å². The van der Waals surface area contributed by atoms with E-state index >= 15 is 0 Å². The Hall–Kier alpha value is -2.63. The largest absolute Gasteiger partial charge is 0.462 e. The number of esters is 3. The fraction of sp³-hybridized carbons (Fsp3) is 0.841. The van der Waals surface area contributed by atoms with Gasteiger partial charge in [0, 0.05) is 19.3 Å². The van der Waals surface area contributed by atoms with Crippen molar-refractivity contribution in [1.82, 2.24) is 0 Å². The summed E-state index contributed by atoms with van der Waals surface area (Å²) in [6.07, 6.45) is 79.8. The third-order valence-corrected chi connectivity index (χ3v) is 14.8. The number of hydrogen-bond donors (Lipinski definition) is 0.